The number of nitrogens with one attached hydrogen (secondary N) is 3. The van der Waals surface area contributed by atoms with Gasteiger partial charge in [0.05, 0.1) is 23.5 Å². The Labute approximate surface area is 184 Å². The maximum absolute atomic E-state index is 13.3. The predicted octanol–water partition coefficient (Wildman–Crippen LogP) is 5.09. The molecule has 2 aromatic rings. The molecule has 2 aromatic carbocycles. The second-order valence-electron chi connectivity index (χ2n) is 6.98. The Balaban J connectivity index is 2.11. The van der Waals surface area contributed by atoms with Gasteiger partial charge in [0.15, 0.2) is 0 Å². The molecule has 29 heavy (non-hydrogen) atoms. The van der Waals surface area contributed by atoms with E-state index in [0.717, 1.165) is 16.9 Å². The minimum Gasteiger partial charge on any atom is -0.462 e. The third-order valence-electron chi connectivity index (χ3n) is 4.57. The van der Waals surface area contributed by atoms with E-state index in [9.17, 15) is 9.59 Å². The van der Waals surface area contributed by atoms with Gasteiger partial charge in [-0.05, 0) is 79.2 Å². The first-order chi connectivity index (χ1) is 13.8. The van der Waals surface area contributed by atoms with Gasteiger partial charge in [-0.1, -0.05) is 0 Å². The molecule has 3 N–H and O–H groups in total. The average molecular weight is 524 g/mol. The van der Waals surface area contributed by atoms with E-state index in [2.05, 4.69) is 32.4 Å². The number of carbonyl (C=O) groups excluding carboxylic acids is 2. The van der Waals surface area contributed by atoms with E-state index in [-0.39, 0.29) is 5.91 Å². The minimum atomic E-state index is -0.827. The highest BCUT2D eigenvalue weighted by Crippen LogP contribution is 2.43. The summed E-state index contributed by atoms with van der Waals surface area (Å²) in [5.41, 5.74) is 3.25. The maximum Gasteiger partial charge on any atom is 0.338 e. The fraction of sp³-hybridized carbons (Fsp3) is 0.250. The molecule has 152 valence electrons. The van der Waals surface area contributed by atoms with Crippen molar-refractivity contribution < 1.29 is 14.3 Å². The van der Waals surface area contributed by atoms with Crippen molar-refractivity contribution in [3.63, 3.8) is 0 Å². The van der Waals surface area contributed by atoms with Crippen LogP contribution in [0, 0.1) is 5.41 Å². The van der Waals surface area contributed by atoms with E-state index in [1.54, 1.807) is 36.1 Å². The number of rotatable bonds is 6. The summed E-state index contributed by atoms with van der Waals surface area (Å²) in [6, 6.07) is 10.6. The van der Waals surface area contributed by atoms with Gasteiger partial charge in [-0.2, -0.15) is 0 Å². The van der Waals surface area contributed by atoms with E-state index < -0.39 is 11.5 Å². The summed E-state index contributed by atoms with van der Waals surface area (Å²) >= 11 is 2.22. The average Bonchev–Trinajstić information content (AvgIpc) is 2.69. The van der Waals surface area contributed by atoms with Gasteiger partial charge in [-0.25, -0.2) is 4.79 Å². The number of nitrogens with zero attached hydrogens (tertiary/aromatic N) is 1. The van der Waals surface area contributed by atoms with E-state index in [1.165, 1.54) is 6.21 Å². The molecule has 1 aliphatic heterocycles. The van der Waals surface area contributed by atoms with Gasteiger partial charge >= 0.3 is 5.97 Å². The van der Waals surface area contributed by atoms with Crippen LogP contribution in [0.25, 0.3) is 0 Å². The van der Waals surface area contributed by atoms with Crippen LogP contribution in [-0.4, -0.2) is 30.2 Å². The van der Waals surface area contributed by atoms with Crippen molar-refractivity contribution in [2.24, 2.45) is 0 Å². The minimum absolute atomic E-state index is 0.112. The second-order valence-corrected chi connectivity index (χ2v) is 9.04. The van der Waals surface area contributed by atoms with Gasteiger partial charge in [0, 0.05) is 29.5 Å². The number of amides is 1. The number of esters is 1. The van der Waals surface area contributed by atoms with E-state index in [1.807, 2.05) is 26.0 Å². The second kappa shape index (κ2) is 8.67. The molecule has 7 nitrogen and oxygen atoms in total. The molecule has 1 atom stereocenters. The summed E-state index contributed by atoms with van der Waals surface area (Å²) in [4.78, 5) is 26.9. The Morgan fingerprint density at radius 2 is 2.03 bits per heavy atom. The van der Waals surface area contributed by atoms with Crippen molar-refractivity contribution in [2.45, 2.75) is 26.3 Å². The van der Waals surface area contributed by atoms with Crippen LogP contribution in [0.4, 0.5) is 22.7 Å². The first-order valence-electron chi connectivity index (χ1n) is 9.02. The summed E-state index contributed by atoms with van der Waals surface area (Å²) in [5.74, 6) is -0.504. The molecule has 0 bridgehead atoms. The lowest BCUT2D eigenvalue weighted by atomic mass is 9.96. The van der Waals surface area contributed by atoms with Crippen LogP contribution in [0.3, 0.4) is 0 Å². The monoisotopic (exact) mass is 524 g/mol. The molecule has 0 aromatic heterocycles. The van der Waals surface area contributed by atoms with Crippen LogP contribution in [-0.2, 0) is 9.53 Å². The van der Waals surface area contributed by atoms with Crippen molar-refractivity contribution >= 4 is 69.3 Å². The van der Waals surface area contributed by atoms with Gasteiger partial charge < -0.3 is 20.6 Å². The summed E-state index contributed by atoms with van der Waals surface area (Å²) in [6.07, 6.45) is 1.72. The highest BCUT2D eigenvalue weighted by Gasteiger charge is 2.40. The zero-order valence-corrected chi connectivity index (χ0v) is 19.5. The number of carbonyl (C=O) groups is 2. The fourth-order valence-electron chi connectivity index (χ4n) is 3.17. The first-order valence-corrected chi connectivity index (χ1v) is 13.1. The molecule has 0 saturated carbocycles. The Kier molecular flexibility index (Phi) is 6.43. The standard InChI is InChI=1S/C20H22IN4O3P/c1-4-28-18(26)12-5-7-14(8-6-12)25-17-10-15(24-29-21)13(11-22)9-16(17)23-20(2,3)19(25)27/h5-11,22-24,29H,4H2,1-3H3. The van der Waals surface area contributed by atoms with Gasteiger partial charge in [-0.15, -0.1) is 0 Å². The van der Waals surface area contributed by atoms with E-state index >= 15 is 0 Å². The number of ether oxygens (including phenoxy) is 1. The predicted molar refractivity (Wildman–Crippen MR) is 128 cm³/mol. The third-order valence-corrected chi connectivity index (χ3v) is 5.74. The van der Waals surface area contributed by atoms with Gasteiger partial charge in [0.1, 0.15) is 5.54 Å². The molecule has 0 aliphatic carbocycles. The molecule has 1 amide bonds. The largest absolute Gasteiger partial charge is 0.462 e. The van der Waals surface area contributed by atoms with Crippen LogP contribution in [0.1, 0.15) is 36.7 Å². The van der Waals surface area contributed by atoms with Crippen molar-refractivity contribution in [3.05, 3.63) is 47.5 Å². The van der Waals surface area contributed by atoms with E-state index in [4.69, 9.17) is 10.1 Å². The molecule has 1 heterocycles. The molecular formula is C20H22IN4O3P. The Bertz CT molecular complexity index is 963. The van der Waals surface area contributed by atoms with Crippen LogP contribution in [0.15, 0.2) is 36.4 Å². The van der Waals surface area contributed by atoms with Crippen molar-refractivity contribution in [3.8, 4) is 0 Å². The Morgan fingerprint density at radius 3 is 2.62 bits per heavy atom. The molecule has 3 rings (SSSR count). The topological polar surface area (TPSA) is 94.5 Å². The van der Waals surface area contributed by atoms with Crippen LogP contribution >= 0.6 is 28.4 Å². The molecule has 0 saturated heterocycles. The van der Waals surface area contributed by atoms with Crippen molar-refractivity contribution in [1.29, 1.82) is 5.41 Å². The van der Waals surface area contributed by atoms with Crippen molar-refractivity contribution in [2.75, 3.05) is 21.9 Å². The smallest absolute Gasteiger partial charge is 0.338 e. The van der Waals surface area contributed by atoms with Gasteiger partial charge in [-0.3, -0.25) is 9.69 Å². The Hall–Kier alpha value is -2.19. The molecule has 1 unspecified atom stereocenters. The fourth-order valence-corrected chi connectivity index (χ4v) is 4.36. The Morgan fingerprint density at radius 1 is 1.34 bits per heavy atom. The highest BCUT2D eigenvalue weighted by atomic mass is 127. The summed E-state index contributed by atoms with van der Waals surface area (Å²) in [5, 5.41) is 14.3. The number of hydrogen-bond acceptors (Lipinski definition) is 6. The highest BCUT2D eigenvalue weighted by molar-refractivity contribution is 14.2. The zero-order chi connectivity index (χ0) is 21.2. The lowest BCUT2D eigenvalue weighted by molar-refractivity contribution is -0.121. The molecule has 0 radical (unpaired) electrons. The molecule has 0 spiro atoms. The van der Waals surface area contributed by atoms with Crippen molar-refractivity contribution in [1.82, 2.24) is 0 Å². The molecular weight excluding hydrogens is 502 g/mol. The quantitative estimate of drug-likeness (QED) is 0.212. The van der Waals surface area contributed by atoms with E-state index in [0.29, 0.717) is 29.9 Å². The van der Waals surface area contributed by atoms with Crippen LogP contribution < -0.4 is 15.3 Å². The third kappa shape index (κ3) is 4.23. The SMILES string of the molecule is CCOC(=O)c1ccc(N2C(=O)C(C)(C)Nc3cc(C=N)c(NPI)cc32)cc1. The van der Waals surface area contributed by atoms with Crippen LogP contribution in [0.2, 0.25) is 0 Å². The zero-order valence-electron chi connectivity index (χ0n) is 16.3. The van der Waals surface area contributed by atoms with Gasteiger partial charge in [0.2, 0.25) is 0 Å². The number of benzene rings is 2. The van der Waals surface area contributed by atoms with Gasteiger partial charge in [0.25, 0.3) is 5.91 Å². The number of fused-ring (bicyclic) bond motifs is 1. The number of hydrogen-bond donors (Lipinski definition) is 3. The summed E-state index contributed by atoms with van der Waals surface area (Å²) in [6.45, 7) is 5.71. The summed E-state index contributed by atoms with van der Waals surface area (Å²) < 4.78 is 5.03. The lowest BCUT2D eigenvalue weighted by Gasteiger charge is -2.40. The number of halogens is 1. The normalized spacial score (nSPS) is 15.0. The first kappa shape index (κ1) is 21.5. The summed E-state index contributed by atoms with van der Waals surface area (Å²) in [7, 11) is 0. The lowest BCUT2D eigenvalue weighted by Crippen LogP contribution is -2.52. The number of anilines is 4. The molecule has 0 fully saturated rings. The van der Waals surface area contributed by atoms with Crippen LogP contribution in [0.5, 0.6) is 0 Å². The maximum atomic E-state index is 13.3. The molecule has 9 heteroatoms. The molecule has 1 aliphatic rings.